The van der Waals surface area contributed by atoms with Gasteiger partial charge in [0.2, 0.25) is 0 Å². The van der Waals surface area contributed by atoms with E-state index >= 15 is 0 Å². The summed E-state index contributed by atoms with van der Waals surface area (Å²) in [6, 6.07) is -0.0276. The van der Waals surface area contributed by atoms with Crippen LogP contribution in [0.25, 0.3) is 10.7 Å². The maximum absolute atomic E-state index is 12.5. The first-order valence-corrected chi connectivity index (χ1v) is 8.13. The molecule has 110 valence electrons. The summed E-state index contributed by atoms with van der Waals surface area (Å²) < 4.78 is 0. The Labute approximate surface area is 126 Å². The lowest BCUT2D eigenvalue weighted by atomic mass is 9.95. The Kier molecular flexibility index (Phi) is 2.95. The first kappa shape index (κ1) is 12.8. The highest BCUT2D eigenvalue weighted by Gasteiger charge is 2.46. The minimum atomic E-state index is -0.0276. The number of carbonyl (C=O) groups excluding carboxylic acids is 1. The molecular formula is C14H17N5OS. The highest BCUT2D eigenvalue weighted by molar-refractivity contribution is 7.13. The molecule has 2 aromatic rings. The number of nitrogens with one attached hydrogen (secondary N) is 2. The van der Waals surface area contributed by atoms with Crippen LogP contribution >= 0.6 is 11.3 Å². The van der Waals surface area contributed by atoms with Crippen LogP contribution in [-0.4, -0.2) is 39.2 Å². The number of likely N-dealkylation sites (tertiary alicyclic amines) is 1. The fraction of sp³-hybridized carbons (Fsp3) is 0.500. The summed E-state index contributed by atoms with van der Waals surface area (Å²) in [5, 5.41) is 12.6. The number of hydrogen-bond donors (Lipinski definition) is 2. The third-order valence-electron chi connectivity index (χ3n) is 4.43. The predicted molar refractivity (Wildman–Crippen MR) is 81.2 cm³/mol. The van der Waals surface area contributed by atoms with Crippen molar-refractivity contribution in [1.29, 1.82) is 0 Å². The van der Waals surface area contributed by atoms with Crippen molar-refractivity contribution < 1.29 is 4.79 Å². The number of aromatic amines is 1. The summed E-state index contributed by atoms with van der Waals surface area (Å²) in [4.78, 5) is 18.7. The topological polar surface area (TPSA) is 73.9 Å². The SMILES string of the molecule is O=C(Nc1cn[nH]c1-c1nccs1)N1CCCC2(CC2)C1. The number of aromatic nitrogens is 3. The van der Waals surface area contributed by atoms with Gasteiger partial charge < -0.3 is 10.2 Å². The number of amides is 2. The van der Waals surface area contributed by atoms with Gasteiger partial charge >= 0.3 is 6.03 Å². The number of nitrogens with zero attached hydrogens (tertiary/aromatic N) is 3. The number of urea groups is 1. The van der Waals surface area contributed by atoms with Crippen molar-refractivity contribution in [3.63, 3.8) is 0 Å². The van der Waals surface area contributed by atoms with Crippen molar-refractivity contribution in [3.05, 3.63) is 17.8 Å². The van der Waals surface area contributed by atoms with E-state index in [0.29, 0.717) is 11.1 Å². The van der Waals surface area contributed by atoms with Gasteiger partial charge in [0.15, 0.2) is 0 Å². The van der Waals surface area contributed by atoms with Crippen molar-refractivity contribution in [2.45, 2.75) is 25.7 Å². The van der Waals surface area contributed by atoms with E-state index in [1.54, 1.807) is 12.4 Å². The molecule has 0 atom stereocenters. The smallest absolute Gasteiger partial charge is 0.321 e. The third kappa shape index (κ3) is 2.42. The lowest BCUT2D eigenvalue weighted by molar-refractivity contribution is 0.170. The van der Waals surface area contributed by atoms with E-state index in [4.69, 9.17) is 0 Å². The first-order valence-electron chi connectivity index (χ1n) is 7.25. The largest absolute Gasteiger partial charge is 0.324 e. The van der Waals surface area contributed by atoms with E-state index in [0.717, 1.165) is 30.2 Å². The molecular weight excluding hydrogens is 286 g/mol. The Morgan fingerprint density at radius 3 is 3.10 bits per heavy atom. The average Bonchev–Trinajstić information content (AvgIpc) is 2.95. The number of hydrogen-bond acceptors (Lipinski definition) is 4. The number of rotatable bonds is 2. The maximum Gasteiger partial charge on any atom is 0.321 e. The van der Waals surface area contributed by atoms with Crippen molar-refractivity contribution in [1.82, 2.24) is 20.1 Å². The number of carbonyl (C=O) groups is 1. The first-order chi connectivity index (χ1) is 10.3. The van der Waals surface area contributed by atoms with Crippen molar-refractivity contribution >= 4 is 23.1 Å². The molecule has 2 aromatic heterocycles. The molecule has 1 saturated carbocycles. The molecule has 1 saturated heterocycles. The summed E-state index contributed by atoms with van der Waals surface area (Å²) in [5.74, 6) is 0. The second-order valence-corrected chi connectivity index (χ2v) is 6.85. The number of H-pyrrole nitrogens is 1. The maximum atomic E-state index is 12.5. The van der Waals surface area contributed by atoms with Gasteiger partial charge in [-0.15, -0.1) is 11.3 Å². The van der Waals surface area contributed by atoms with Crippen LogP contribution in [0.1, 0.15) is 25.7 Å². The third-order valence-corrected chi connectivity index (χ3v) is 5.22. The van der Waals surface area contributed by atoms with E-state index in [2.05, 4.69) is 20.5 Å². The van der Waals surface area contributed by atoms with Crippen LogP contribution in [0.15, 0.2) is 17.8 Å². The van der Waals surface area contributed by atoms with Gasteiger partial charge in [0, 0.05) is 24.7 Å². The van der Waals surface area contributed by atoms with Gasteiger partial charge in [-0.25, -0.2) is 9.78 Å². The molecule has 0 unspecified atom stereocenters. The van der Waals surface area contributed by atoms with Crippen molar-refractivity contribution in [2.75, 3.05) is 18.4 Å². The lowest BCUT2D eigenvalue weighted by Crippen LogP contribution is -2.43. The van der Waals surface area contributed by atoms with Gasteiger partial charge in [-0.05, 0) is 31.1 Å². The van der Waals surface area contributed by atoms with Crippen molar-refractivity contribution in [2.24, 2.45) is 5.41 Å². The fourth-order valence-electron chi connectivity index (χ4n) is 3.05. The standard InChI is InChI=1S/C14H17N5OS/c20-13(19-6-1-2-14(9-19)3-4-14)17-10-8-16-18-11(10)12-15-5-7-21-12/h5,7-8H,1-4,6,9H2,(H,16,18)(H,17,20). The zero-order valence-corrected chi connectivity index (χ0v) is 12.4. The number of anilines is 1. The molecule has 1 aliphatic carbocycles. The van der Waals surface area contributed by atoms with Crippen LogP contribution in [0.4, 0.5) is 10.5 Å². The number of piperidine rings is 1. The van der Waals surface area contributed by atoms with E-state index in [9.17, 15) is 4.79 Å². The highest BCUT2D eigenvalue weighted by atomic mass is 32.1. The molecule has 6 nitrogen and oxygen atoms in total. The van der Waals surface area contributed by atoms with Gasteiger partial charge in [-0.1, -0.05) is 0 Å². The molecule has 0 aromatic carbocycles. The van der Waals surface area contributed by atoms with E-state index in [-0.39, 0.29) is 6.03 Å². The molecule has 0 radical (unpaired) electrons. The molecule has 7 heteroatoms. The minimum absolute atomic E-state index is 0.0276. The Balaban J connectivity index is 1.49. The van der Waals surface area contributed by atoms with Crippen LogP contribution in [0, 0.1) is 5.41 Å². The van der Waals surface area contributed by atoms with Crippen LogP contribution in [0.2, 0.25) is 0 Å². The molecule has 1 aliphatic heterocycles. The fourth-order valence-corrected chi connectivity index (χ4v) is 3.70. The Morgan fingerprint density at radius 1 is 1.43 bits per heavy atom. The predicted octanol–water partition coefficient (Wildman–Crippen LogP) is 2.94. The second-order valence-electron chi connectivity index (χ2n) is 5.95. The van der Waals surface area contributed by atoms with Gasteiger partial charge in [0.25, 0.3) is 0 Å². The Bertz CT molecular complexity index is 646. The molecule has 4 rings (SSSR count). The molecule has 1 spiro atoms. The summed E-state index contributed by atoms with van der Waals surface area (Å²) >= 11 is 1.52. The minimum Gasteiger partial charge on any atom is -0.324 e. The lowest BCUT2D eigenvalue weighted by Gasteiger charge is -2.32. The summed E-state index contributed by atoms with van der Waals surface area (Å²) in [5.41, 5.74) is 1.91. The van der Waals surface area contributed by atoms with E-state index in [1.807, 2.05) is 10.3 Å². The van der Waals surface area contributed by atoms with Crippen LogP contribution in [0.3, 0.4) is 0 Å². The molecule has 21 heavy (non-hydrogen) atoms. The van der Waals surface area contributed by atoms with Gasteiger partial charge in [0.1, 0.15) is 10.7 Å². The van der Waals surface area contributed by atoms with Crippen LogP contribution in [0.5, 0.6) is 0 Å². The monoisotopic (exact) mass is 303 g/mol. The van der Waals surface area contributed by atoms with Crippen LogP contribution < -0.4 is 5.32 Å². The average molecular weight is 303 g/mol. The molecule has 2 fully saturated rings. The zero-order chi connectivity index (χ0) is 14.3. The molecule has 3 heterocycles. The quantitative estimate of drug-likeness (QED) is 0.895. The molecule has 2 amide bonds. The van der Waals surface area contributed by atoms with Gasteiger partial charge in [0.05, 0.1) is 11.9 Å². The summed E-state index contributed by atoms with van der Waals surface area (Å²) in [7, 11) is 0. The highest BCUT2D eigenvalue weighted by Crippen LogP contribution is 2.52. The molecule has 2 N–H and O–H groups in total. The van der Waals surface area contributed by atoms with Crippen molar-refractivity contribution in [3.8, 4) is 10.7 Å². The van der Waals surface area contributed by atoms with E-state index in [1.165, 1.54) is 30.6 Å². The molecule has 0 bridgehead atoms. The zero-order valence-electron chi connectivity index (χ0n) is 11.6. The van der Waals surface area contributed by atoms with Crippen LogP contribution in [-0.2, 0) is 0 Å². The molecule has 2 aliphatic rings. The number of thiazole rings is 1. The Morgan fingerprint density at radius 2 is 2.33 bits per heavy atom. The Hall–Kier alpha value is -1.89. The van der Waals surface area contributed by atoms with Gasteiger partial charge in [-0.2, -0.15) is 5.10 Å². The summed E-state index contributed by atoms with van der Waals surface area (Å²) in [6.07, 6.45) is 8.31. The van der Waals surface area contributed by atoms with E-state index < -0.39 is 0 Å². The van der Waals surface area contributed by atoms with Gasteiger partial charge in [-0.3, -0.25) is 5.10 Å². The normalized spacial score (nSPS) is 19.7. The summed E-state index contributed by atoms with van der Waals surface area (Å²) in [6.45, 7) is 1.74. The second kappa shape index (κ2) is 4.84.